The van der Waals surface area contributed by atoms with Gasteiger partial charge in [-0.3, -0.25) is 4.79 Å². The molecular formula is C22H22N3O4+. The van der Waals surface area contributed by atoms with E-state index in [0.717, 1.165) is 27.4 Å². The molecular weight excluding hydrogens is 370 g/mol. The van der Waals surface area contributed by atoms with E-state index in [9.17, 15) is 19.8 Å². The number of aromatic nitrogens is 2. The van der Waals surface area contributed by atoms with E-state index in [1.165, 1.54) is 4.90 Å². The number of amides is 1. The Kier molecular flexibility index (Phi) is 3.64. The van der Waals surface area contributed by atoms with Crippen LogP contribution in [-0.4, -0.2) is 43.7 Å². The predicted octanol–water partition coefficient (Wildman–Crippen LogP) is 1.56. The zero-order chi connectivity index (χ0) is 20.6. The third-order valence-corrected chi connectivity index (χ3v) is 6.37. The fourth-order valence-corrected chi connectivity index (χ4v) is 4.97. The first kappa shape index (κ1) is 17.9. The van der Waals surface area contributed by atoms with Crippen LogP contribution in [0.3, 0.4) is 0 Å². The van der Waals surface area contributed by atoms with Gasteiger partial charge in [-0.25, -0.2) is 9.36 Å². The van der Waals surface area contributed by atoms with E-state index < -0.39 is 18.0 Å². The van der Waals surface area contributed by atoms with Gasteiger partial charge < -0.3 is 19.7 Å². The van der Waals surface area contributed by atoms with E-state index in [-0.39, 0.29) is 17.6 Å². The van der Waals surface area contributed by atoms with Crippen LogP contribution in [0.4, 0.5) is 0 Å². The van der Waals surface area contributed by atoms with E-state index >= 15 is 0 Å². The van der Waals surface area contributed by atoms with Gasteiger partial charge in [-0.15, -0.1) is 0 Å². The van der Waals surface area contributed by atoms with Gasteiger partial charge >= 0.3 is 5.97 Å². The first-order chi connectivity index (χ1) is 13.8. The molecule has 2 N–H and O–H groups in total. The molecule has 0 radical (unpaired) electrons. The number of carboxylic acids is 1. The summed E-state index contributed by atoms with van der Waals surface area (Å²) < 4.78 is 4.12. The maximum absolute atomic E-state index is 12.5. The van der Waals surface area contributed by atoms with Gasteiger partial charge in [-0.2, -0.15) is 0 Å². The Labute approximate surface area is 167 Å². The van der Waals surface area contributed by atoms with Crippen molar-refractivity contribution in [2.75, 3.05) is 0 Å². The minimum atomic E-state index is -1.11. The average molecular weight is 392 g/mol. The van der Waals surface area contributed by atoms with Crippen molar-refractivity contribution < 1.29 is 24.4 Å². The number of nitrogens with zero attached hydrogens (tertiary/aromatic N) is 3. The van der Waals surface area contributed by atoms with Crippen molar-refractivity contribution in [2.45, 2.75) is 25.5 Å². The van der Waals surface area contributed by atoms with Crippen molar-refractivity contribution in [3.63, 3.8) is 0 Å². The maximum Gasteiger partial charge on any atom is 0.352 e. The highest BCUT2D eigenvalue weighted by molar-refractivity contribution is 6.10. The third-order valence-electron chi connectivity index (χ3n) is 6.37. The molecule has 2 aliphatic rings. The lowest BCUT2D eigenvalue weighted by molar-refractivity contribution is -0.670. The first-order valence-corrected chi connectivity index (χ1v) is 9.65. The summed E-state index contributed by atoms with van der Waals surface area (Å²) in [5.41, 5.74) is 3.66. The Bertz CT molecular complexity index is 1250. The molecule has 7 nitrogen and oxygen atoms in total. The quantitative estimate of drug-likeness (QED) is 0.523. The number of aryl methyl sites for hydroxylation is 2. The number of hydrogen-bond donors (Lipinski definition) is 2. The molecule has 0 saturated carbocycles. The van der Waals surface area contributed by atoms with Crippen molar-refractivity contribution in [3.8, 4) is 0 Å². The second-order valence-corrected chi connectivity index (χ2v) is 8.08. The van der Waals surface area contributed by atoms with Crippen molar-refractivity contribution in [2.24, 2.45) is 20.0 Å². The van der Waals surface area contributed by atoms with Gasteiger partial charge in [-0.05, 0) is 36.6 Å². The fourth-order valence-electron chi connectivity index (χ4n) is 4.97. The number of carbonyl (C=O) groups is 2. The number of fused-ring (bicyclic) bond motifs is 4. The molecule has 1 fully saturated rings. The second kappa shape index (κ2) is 5.90. The molecule has 5 rings (SSSR count). The zero-order valence-electron chi connectivity index (χ0n) is 16.5. The van der Waals surface area contributed by atoms with Gasteiger partial charge in [0.2, 0.25) is 5.91 Å². The number of pyridine rings is 1. The van der Waals surface area contributed by atoms with Crippen LogP contribution in [0.1, 0.15) is 18.9 Å². The minimum Gasteiger partial charge on any atom is -0.477 e. The van der Waals surface area contributed by atoms with Crippen LogP contribution >= 0.6 is 0 Å². The van der Waals surface area contributed by atoms with Gasteiger partial charge in [0, 0.05) is 29.4 Å². The first-order valence-electron chi connectivity index (χ1n) is 9.65. The number of carbonyl (C=O) groups excluding carboxylic acids is 1. The van der Waals surface area contributed by atoms with Crippen LogP contribution < -0.4 is 4.57 Å². The van der Waals surface area contributed by atoms with E-state index in [1.807, 2.05) is 43.1 Å². The van der Waals surface area contributed by atoms with E-state index in [1.54, 1.807) is 6.92 Å². The van der Waals surface area contributed by atoms with E-state index in [4.69, 9.17) is 0 Å². The largest absolute Gasteiger partial charge is 0.477 e. The molecule has 3 aromatic rings. The average Bonchev–Trinajstić information content (AvgIpc) is 3.14. The lowest BCUT2D eigenvalue weighted by Crippen LogP contribution is -2.61. The highest BCUT2D eigenvalue weighted by atomic mass is 16.4. The summed E-state index contributed by atoms with van der Waals surface area (Å²) in [6, 6.07) is 7.71. The van der Waals surface area contributed by atoms with Gasteiger partial charge in [0.1, 0.15) is 18.3 Å². The van der Waals surface area contributed by atoms with Gasteiger partial charge in [0.05, 0.1) is 18.1 Å². The molecule has 0 spiro atoms. The molecule has 148 valence electrons. The van der Waals surface area contributed by atoms with Crippen molar-refractivity contribution in [1.29, 1.82) is 0 Å². The van der Waals surface area contributed by atoms with Crippen molar-refractivity contribution in [1.82, 2.24) is 9.47 Å². The standard InChI is InChI=1S/C22H21N3O4/c1-11(26)19-17-9-14(20(22(28)29)25(17)21(19)27)12-4-5-16-15(8-12)13-6-7-23(2)10-18(13)24(16)3/h4-8,10-11,17,19,26H,9H2,1-3H3/p+1/t11-,17-,19-/m1/s1. The summed E-state index contributed by atoms with van der Waals surface area (Å²) in [5.74, 6) is -1.95. The Morgan fingerprint density at radius 3 is 2.69 bits per heavy atom. The Balaban J connectivity index is 1.68. The van der Waals surface area contributed by atoms with Crippen LogP contribution in [-0.2, 0) is 23.7 Å². The predicted molar refractivity (Wildman–Crippen MR) is 107 cm³/mol. The van der Waals surface area contributed by atoms with Gasteiger partial charge in [0.25, 0.3) is 0 Å². The summed E-state index contributed by atoms with van der Waals surface area (Å²) in [6.07, 6.45) is 3.70. The minimum absolute atomic E-state index is 0.0443. The molecule has 1 amide bonds. The summed E-state index contributed by atoms with van der Waals surface area (Å²) in [4.78, 5) is 25.8. The molecule has 0 unspecified atom stereocenters. The normalized spacial score (nSPS) is 22.3. The summed E-state index contributed by atoms with van der Waals surface area (Å²) in [5, 5.41) is 21.9. The maximum atomic E-state index is 12.5. The Morgan fingerprint density at radius 1 is 1.24 bits per heavy atom. The molecule has 7 heteroatoms. The topological polar surface area (TPSA) is 86.7 Å². The molecule has 0 aliphatic carbocycles. The number of aliphatic carboxylic acids is 1. The van der Waals surface area contributed by atoms with Crippen LogP contribution in [0.5, 0.6) is 0 Å². The molecule has 4 heterocycles. The number of β-lactam (4-membered cyclic amide) rings is 1. The summed E-state index contributed by atoms with van der Waals surface area (Å²) in [7, 11) is 3.99. The van der Waals surface area contributed by atoms with E-state index in [0.29, 0.717) is 12.0 Å². The molecule has 1 aromatic carbocycles. The molecule has 3 atom stereocenters. The number of aliphatic hydroxyl groups excluding tert-OH is 1. The number of carboxylic acid groups (broad SMARTS) is 1. The van der Waals surface area contributed by atoms with Gasteiger partial charge in [-0.1, -0.05) is 6.07 Å². The number of benzene rings is 1. The summed E-state index contributed by atoms with van der Waals surface area (Å²) in [6.45, 7) is 1.58. The van der Waals surface area contributed by atoms with Gasteiger partial charge in [0.15, 0.2) is 12.4 Å². The molecule has 29 heavy (non-hydrogen) atoms. The monoisotopic (exact) mass is 392 g/mol. The van der Waals surface area contributed by atoms with Crippen LogP contribution in [0.25, 0.3) is 27.4 Å². The van der Waals surface area contributed by atoms with Crippen LogP contribution in [0.15, 0.2) is 42.4 Å². The van der Waals surface area contributed by atoms with Crippen LogP contribution in [0, 0.1) is 5.92 Å². The Morgan fingerprint density at radius 2 is 2.00 bits per heavy atom. The SMILES string of the molecule is C[C@@H](O)[C@H]1C(=O)N2C(C(=O)O)=C(c3ccc4c(c3)c3cc[n+](C)cc3n4C)C[C@H]12. The number of hydrogen-bond acceptors (Lipinski definition) is 3. The lowest BCUT2D eigenvalue weighted by Gasteiger charge is -2.44. The molecule has 1 saturated heterocycles. The molecule has 0 bridgehead atoms. The van der Waals surface area contributed by atoms with Crippen molar-refractivity contribution in [3.05, 3.63) is 47.9 Å². The summed E-state index contributed by atoms with van der Waals surface area (Å²) >= 11 is 0. The second-order valence-electron chi connectivity index (χ2n) is 8.08. The lowest BCUT2D eigenvalue weighted by atomic mass is 9.82. The molecule has 2 aromatic heterocycles. The highest BCUT2D eigenvalue weighted by Gasteiger charge is 2.56. The van der Waals surface area contributed by atoms with E-state index in [2.05, 4.69) is 16.8 Å². The number of aliphatic hydroxyl groups is 1. The number of rotatable bonds is 3. The highest BCUT2D eigenvalue weighted by Crippen LogP contribution is 2.47. The Hall–Kier alpha value is -3.19. The molecule has 2 aliphatic heterocycles. The smallest absolute Gasteiger partial charge is 0.352 e. The third kappa shape index (κ3) is 2.31. The van der Waals surface area contributed by atoms with Crippen molar-refractivity contribution >= 4 is 39.3 Å². The fraction of sp³-hybridized carbons (Fsp3) is 0.318. The zero-order valence-corrected chi connectivity index (χ0v) is 16.5. The van der Waals surface area contributed by atoms with Crippen LogP contribution in [0.2, 0.25) is 0 Å².